The van der Waals surface area contributed by atoms with Gasteiger partial charge in [-0.15, -0.1) is 0 Å². The van der Waals surface area contributed by atoms with Gasteiger partial charge in [-0.05, 0) is 31.9 Å². The van der Waals surface area contributed by atoms with Crippen molar-refractivity contribution < 1.29 is 29.5 Å². The second-order valence-electron chi connectivity index (χ2n) is 9.81. The SMILES string of the molecule is COc1cc(O)cc(OCC[C@]23CC[C@](C)(O2)c2c3c(O)n(-c3ccc(C#N)c4ccccc34)c2O)c1. The topological polar surface area (TPSA) is 117 Å². The molecule has 3 heterocycles. The zero-order chi connectivity index (χ0) is 25.9. The molecule has 8 heteroatoms. The minimum absolute atomic E-state index is 0.0367. The summed E-state index contributed by atoms with van der Waals surface area (Å²) in [7, 11) is 1.52. The lowest BCUT2D eigenvalue weighted by Crippen LogP contribution is -2.25. The average molecular weight is 499 g/mol. The van der Waals surface area contributed by atoms with E-state index in [1.165, 1.54) is 23.8 Å². The fourth-order valence-corrected chi connectivity index (χ4v) is 6.00. The molecule has 0 radical (unpaired) electrons. The summed E-state index contributed by atoms with van der Waals surface area (Å²) in [6.45, 7) is 2.19. The number of nitriles is 1. The van der Waals surface area contributed by atoms with Crippen LogP contribution in [0.5, 0.6) is 29.0 Å². The predicted molar refractivity (Wildman–Crippen MR) is 135 cm³/mol. The molecule has 6 rings (SSSR count). The quantitative estimate of drug-likeness (QED) is 0.329. The Labute approximate surface area is 213 Å². The first kappa shape index (κ1) is 23.1. The Balaban J connectivity index is 1.40. The van der Waals surface area contributed by atoms with Crippen molar-refractivity contribution in [2.24, 2.45) is 0 Å². The van der Waals surface area contributed by atoms with Crippen LogP contribution in [0.3, 0.4) is 0 Å². The number of hydrogen-bond donors (Lipinski definition) is 3. The van der Waals surface area contributed by atoms with Crippen molar-refractivity contribution in [1.82, 2.24) is 4.57 Å². The van der Waals surface area contributed by atoms with Gasteiger partial charge in [0.2, 0.25) is 11.8 Å². The summed E-state index contributed by atoms with van der Waals surface area (Å²) in [6.07, 6.45) is 1.78. The highest BCUT2D eigenvalue weighted by atomic mass is 16.5. The van der Waals surface area contributed by atoms with Crippen LogP contribution in [0.25, 0.3) is 16.5 Å². The molecule has 3 aromatic carbocycles. The Morgan fingerprint density at radius 3 is 2.46 bits per heavy atom. The molecule has 0 spiro atoms. The molecule has 2 bridgehead atoms. The van der Waals surface area contributed by atoms with Gasteiger partial charge in [-0.3, -0.25) is 4.57 Å². The number of ether oxygens (including phenoxy) is 3. The van der Waals surface area contributed by atoms with Crippen LogP contribution in [0.4, 0.5) is 0 Å². The van der Waals surface area contributed by atoms with Crippen LogP contribution >= 0.6 is 0 Å². The molecule has 2 atom stereocenters. The molecule has 1 aromatic heterocycles. The van der Waals surface area contributed by atoms with Crippen molar-refractivity contribution in [1.29, 1.82) is 5.26 Å². The van der Waals surface area contributed by atoms with Crippen molar-refractivity contribution in [3.8, 4) is 40.8 Å². The molecule has 0 saturated carbocycles. The van der Waals surface area contributed by atoms with Crippen molar-refractivity contribution in [2.75, 3.05) is 13.7 Å². The molecule has 4 aromatic rings. The minimum Gasteiger partial charge on any atom is -0.508 e. The fourth-order valence-electron chi connectivity index (χ4n) is 6.00. The minimum atomic E-state index is -0.833. The third kappa shape index (κ3) is 3.31. The number of rotatable bonds is 6. The smallest absolute Gasteiger partial charge is 0.205 e. The molecule has 188 valence electrons. The van der Waals surface area contributed by atoms with E-state index in [9.17, 15) is 20.6 Å². The lowest BCUT2D eigenvalue weighted by Gasteiger charge is -2.26. The maximum absolute atomic E-state index is 11.6. The van der Waals surface area contributed by atoms with Crippen LogP contribution in [0.15, 0.2) is 54.6 Å². The van der Waals surface area contributed by atoms with Gasteiger partial charge in [-0.2, -0.15) is 5.26 Å². The van der Waals surface area contributed by atoms with E-state index in [-0.39, 0.29) is 24.1 Å². The summed E-state index contributed by atoms with van der Waals surface area (Å²) < 4.78 is 19.1. The Bertz CT molecular complexity index is 1600. The standard InChI is InChI=1S/C29H26N2O6/c1-28-9-10-29(37-28,11-12-36-20-14-18(32)13-19(15-20)35-2)25-24(28)26(33)31(27(25)34)23-8-7-17(16-30)21-5-3-4-6-22(21)23/h3-8,13-15,32-34H,9-12H2,1-2H3/t28-,29-/m0/s1. The number of methoxy groups -OCH3 is 1. The molecule has 2 aliphatic rings. The summed E-state index contributed by atoms with van der Waals surface area (Å²) >= 11 is 0. The molecule has 1 saturated heterocycles. The molecule has 2 aliphatic heterocycles. The number of hydrogen-bond acceptors (Lipinski definition) is 7. The second-order valence-corrected chi connectivity index (χ2v) is 9.81. The first-order chi connectivity index (χ1) is 17.8. The van der Waals surface area contributed by atoms with Crippen molar-refractivity contribution in [3.63, 3.8) is 0 Å². The normalized spacial score (nSPS) is 21.6. The molecular weight excluding hydrogens is 472 g/mol. The highest BCUT2D eigenvalue weighted by Gasteiger charge is 2.61. The molecule has 1 fully saturated rings. The lowest BCUT2D eigenvalue weighted by atomic mass is 9.78. The number of aromatic hydroxyl groups is 3. The number of phenols is 1. The van der Waals surface area contributed by atoms with Crippen LogP contribution in [-0.2, 0) is 15.9 Å². The van der Waals surface area contributed by atoms with Crippen LogP contribution in [0.2, 0.25) is 0 Å². The summed E-state index contributed by atoms with van der Waals surface area (Å²) in [6, 6.07) is 17.8. The molecular formula is C29H26N2O6. The molecule has 8 nitrogen and oxygen atoms in total. The highest BCUT2D eigenvalue weighted by Crippen LogP contribution is 2.65. The van der Waals surface area contributed by atoms with E-state index < -0.39 is 11.2 Å². The van der Waals surface area contributed by atoms with Crippen LogP contribution < -0.4 is 9.47 Å². The lowest BCUT2D eigenvalue weighted by molar-refractivity contribution is -0.0876. The van der Waals surface area contributed by atoms with Gasteiger partial charge < -0.3 is 29.5 Å². The maximum Gasteiger partial charge on any atom is 0.205 e. The number of benzene rings is 3. The zero-order valence-electron chi connectivity index (χ0n) is 20.5. The van der Waals surface area contributed by atoms with Crippen molar-refractivity contribution in [2.45, 2.75) is 37.4 Å². The van der Waals surface area contributed by atoms with Gasteiger partial charge in [-0.1, -0.05) is 24.3 Å². The van der Waals surface area contributed by atoms with Crippen LogP contribution in [0, 0.1) is 11.3 Å². The van der Waals surface area contributed by atoms with Crippen molar-refractivity contribution in [3.05, 3.63) is 71.3 Å². The molecule has 0 aliphatic carbocycles. The summed E-state index contributed by atoms with van der Waals surface area (Å²) in [5.74, 6) is 0.834. The number of aromatic nitrogens is 1. The van der Waals surface area contributed by atoms with Gasteiger partial charge in [0.15, 0.2) is 0 Å². The number of phenolic OH excluding ortho intramolecular Hbond substituents is 1. The molecule has 0 amide bonds. The molecule has 37 heavy (non-hydrogen) atoms. The van der Waals surface area contributed by atoms with E-state index in [1.807, 2.05) is 31.2 Å². The third-order valence-corrected chi connectivity index (χ3v) is 7.67. The monoisotopic (exact) mass is 498 g/mol. The summed E-state index contributed by atoms with van der Waals surface area (Å²) in [4.78, 5) is 0. The first-order valence-corrected chi connectivity index (χ1v) is 12.1. The maximum atomic E-state index is 11.6. The largest absolute Gasteiger partial charge is 0.508 e. The number of fused-ring (bicyclic) bond motifs is 6. The zero-order valence-corrected chi connectivity index (χ0v) is 20.5. The Morgan fingerprint density at radius 1 is 0.973 bits per heavy atom. The Kier molecular flexibility index (Phi) is 5.04. The van der Waals surface area contributed by atoms with E-state index in [0.29, 0.717) is 53.1 Å². The summed E-state index contributed by atoms with van der Waals surface area (Å²) in [5.41, 5.74) is 0.678. The fraction of sp³-hybridized carbons (Fsp3) is 0.276. The van der Waals surface area contributed by atoms with Gasteiger partial charge in [0.1, 0.15) is 22.8 Å². The van der Waals surface area contributed by atoms with E-state index in [0.717, 1.165) is 10.8 Å². The van der Waals surface area contributed by atoms with E-state index >= 15 is 0 Å². The Hall–Kier alpha value is -4.35. The first-order valence-electron chi connectivity index (χ1n) is 12.1. The van der Waals surface area contributed by atoms with Gasteiger partial charge in [0.05, 0.1) is 47.8 Å². The highest BCUT2D eigenvalue weighted by molar-refractivity contribution is 5.95. The number of nitrogens with zero attached hydrogens (tertiary/aromatic N) is 2. The molecule has 0 unspecified atom stereocenters. The van der Waals surface area contributed by atoms with Crippen LogP contribution in [0.1, 0.15) is 42.9 Å². The van der Waals surface area contributed by atoms with Crippen LogP contribution in [-0.4, -0.2) is 33.6 Å². The second kappa shape index (κ2) is 8.08. The van der Waals surface area contributed by atoms with Gasteiger partial charge >= 0.3 is 0 Å². The van der Waals surface area contributed by atoms with E-state index in [4.69, 9.17) is 14.2 Å². The average Bonchev–Trinajstić information content (AvgIpc) is 3.47. The predicted octanol–water partition coefficient (Wildman–Crippen LogP) is 5.33. The van der Waals surface area contributed by atoms with Gasteiger partial charge in [0, 0.05) is 35.4 Å². The van der Waals surface area contributed by atoms with E-state index in [1.54, 1.807) is 18.2 Å². The van der Waals surface area contributed by atoms with Gasteiger partial charge in [-0.25, -0.2) is 0 Å². The van der Waals surface area contributed by atoms with Gasteiger partial charge in [0.25, 0.3) is 0 Å². The Morgan fingerprint density at radius 2 is 1.70 bits per heavy atom. The van der Waals surface area contributed by atoms with E-state index in [2.05, 4.69) is 6.07 Å². The summed E-state index contributed by atoms with van der Waals surface area (Å²) in [5, 5.41) is 44.0. The molecule has 3 N–H and O–H groups in total. The van der Waals surface area contributed by atoms with Crippen molar-refractivity contribution >= 4 is 10.8 Å². The third-order valence-electron chi connectivity index (χ3n) is 7.67.